The molecule has 0 fully saturated rings. The van der Waals surface area contributed by atoms with E-state index in [1.165, 1.54) is 0 Å². The molecule has 0 aliphatic heterocycles. The van der Waals surface area contributed by atoms with E-state index in [4.69, 9.17) is 25.5 Å². The van der Waals surface area contributed by atoms with Crippen molar-refractivity contribution in [2.45, 2.75) is 24.4 Å². The summed E-state index contributed by atoms with van der Waals surface area (Å²) in [7, 11) is 0. The molecule has 4 atom stereocenters. The minimum Gasteiger partial charge on any atom is -0.547 e. The van der Waals surface area contributed by atoms with Gasteiger partial charge in [-0.05, 0) is 0 Å². The van der Waals surface area contributed by atoms with Crippen LogP contribution in [-0.4, -0.2) is 112 Å². The number of hydrogen-bond donors (Lipinski definition) is 5. The summed E-state index contributed by atoms with van der Waals surface area (Å²) in [5.74, 6) is -7.94. The van der Waals surface area contributed by atoms with Crippen molar-refractivity contribution in [3.8, 4) is 0 Å². The number of rotatable bonds is 6. The molecule has 5 N–H and O–H groups in total. The van der Waals surface area contributed by atoms with Crippen molar-refractivity contribution in [1.29, 1.82) is 0 Å². The molecule has 0 aliphatic carbocycles. The number of carboxylic acids is 4. The molecule has 0 aliphatic rings. The summed E-state index contributed by atoms with van der Waals surface area (Å²) in [6, 6.07) is 0. The van der Waals surface area contributed by atoms with Crippen LogP contribution in [0.2, 0.25) is 0 Å². The summed E-state index contributed by atoms with van der Waals surface area (Å²) in [4.78, 5) is 38.7. The van der Waals surface area contributed by atoms with Crippen LogP contribution in [0.1, 0.15) is 0 Å². The molecule has 4 unspecified atom stereocenters. The van der Waals surface area contributed by atoms with Crippen LogP contribution >= 0.6 is 0 Å². The van der Waals surface area contributed by atoms with Crippen molar-refractivity contribution >= 4 is 61.6 Å². The molecule has 0 aromatic carbocycles. The predicted molar refractivity (Wildman–Crippen MR) is 52.4 cm³/mol. The van der Waals surface area contributed by atoms with Gasteiger partial charge in [-0.1, -0.05) is 0 Å². The fourth-order valence-corrected chi connectivity index (χ4v) is 0.522. The van der Waals surface area contributed by atoms with Gasteiger partial charge >= 0.3 is 95.1 Å². The molecule has 116 valence electrons. The fraction of sp³-hybridized carbons (Fsp3) is 0.500. The Morgan fingerprint density at radius 1 is 0.636 bits per heavy atom. The van der Waals surface area contributed by atoms with Gasteiger partial charge in [-0.3, -0.25) is 0 Å². The van der Waals surface area contributed by atoms with E-state index in [1.807, 2.05) is 0 Å². The molecule has 0 aromatic heterocycles. The van der Waals surface area contributed by atoms with Crippen molar-refractivity contribution in [2.24, 2.45) is 0 Å². The second-order valence-electron chi connectivity index (χ2n) is 3.07. The number of carbonyl (C=O) groups excluding carboxylic acids is 3. The summed E-state index contributed by atoms with van der Waals surface area (Å²) >= 11 is 0. The van der Waals surface area contributed by atoms with E-state index in [-0.39, 0.29) is 89.1 Å². The molecule has 0 radical (unpaired) electrons. The van der Waals surface area contributed by atoms with Crippen molar-refractivity contribution in [3.05, 3.63) is 0 Å². The van der Waals surface area contributed by atoms with Crippen molar-refractivity contribution in [2.75, 3.05) is 0 Å². The molecule has 14 heteroatoms. The van der Waals surface area contributed by atoms with Gasteiger partial charge in [0.15, 0.2) is 6.10 Å². The molecule has 12 nitrogen and oxygen atoms in total. The van der Waals surface area contributed by atoms with E-state index in [9.17, 15) is 34.5 Å². The zero-order chi connectivity index (χ0) is 16.6. The SMILES string of the molecule is O=C([O-])C(O)C(O)C(=O)O.O=C([O-])C(O)C(O)C(=O)[O-].[Ca+2].[K+]. The zero-order valence-corrected chi connectivity index (χ0v) is 16.4. The van der Waals surface area contributed by atoms with Crippen molar-refractivity contribution in [3.63, 3.8) is 0 Å². The minimum atomic E-state index is -2.44. The Hall–Kier alpha value is 0.616. The molecule has 0 bridgehead atoms. The molecule has 0 saturated heterocycles. The summed E-state index contributed by atoms with van der Waals surface area (Å²) in [6.07, 6.45) is -9.59. The Kier molecular flexibility index (Phi) is 21.0. The maximum absolute atomic E-state index is 9.74. The third-order valence-corrected chi connectivity index (χ3v) is 1.58. The molecule has 0 amide bonds. The first-order chi connectivity index (χ1) is 8.93. The van der Waals surface area contributed by atoms with Gasteiger partial charge in [0.1, 0.15) is 18.3 Å². The molecule has 0 spiro atoms. The van der Waals surface area contributed by atoms with Crippen LogP contribution < -0.4 is 66.7 Å². The third-order valence-electron chi connectivity index (χ3n) is 1.58. The first-order valence-corrected chi connectivity index (χ1v) is 4.51. The summed E-state index contributed by atoms with van der Waals surface area (Å²) in [6.45, 7) is 0. The van der Waals surface area contributed by atoms with Gasteiger partial charge in [0.05, 0.1) is 17.9 Å². The third kappa shape index (κ3) is 13.1. The Balaban J connectivity index is -0.000000135. The van der Waals surface area contributed by atoms with Crippen molar-refractivity contribution < 1.29 is 111 Å². The zero-order valence-electron chi connectivity index (χ0n) is 11.1. The standard InChI is InChI=1S/2C4H6O6.Ca.K/c2*5-1(3(7)8)2(6)4(9)10;;/h2*1-2,5-6H,(H,7,8)(H,9,10);;/q;;+2;+1/p-3. The minimum absolute atomic E-state index is 0. The number of carboxylic acid groups (broad SMARTS) is 4. The molecule has 0 saturated carbocycles. The Bertz CT molecular complexity index is 315. The number of hydrogen-bond acceptors (Lipinski definition) is 11. The summed E-state index contributed by atoms with van der Waals surface area (Å²) in [5.41, 5.74) is 0. The van der Waals surface area contributed by atoms with Crippen LogP contribution in [0.5, 0.6) is 0 Å². The normalized spacial score (nSPS) is 14.4. The summed E-state index contributed by atoms with van der Waals surface area (Å²) < 4.78 is 0. The second-order valence-corrected chi connectivity index (χ2v) is 3.07. The van der Waals surface area contributed by atoms with Gasteiger partial charge in [-0.2, -0.15) is 0 Å². The fourth-order valence-electron chi connectivity index (χ4n) is 0.522. The van der Waals surface area contributed by atoms with Crippen LogP contribution in [0.3, 0.4) is 0 Å². The van der Waals surface area contributed by atoms with E-state index in [0.717, 1.165) is 0 Å². The average molecular weight is 376 g/mol. The number of aliphatic hydroxyl groups excluding tert-OH is 4. The van der Waals surface area contributed by atoms with Gasteiger partial charge in [0.25, 0.3) is 0 Å². The largest absolute Gasteiger partial charge is 2.00 e. The van der Waals surface area contributed by atoms with E-state index < -0.39 is 48.3 Å². The van der Waals surface area contributed by atoms with Crippen LogP contribution in [0.15, 0.2) is 0 Å². The Labute approximate surface area is 194 Å². The van der Waals surface area contributed by atoms with Gasteiger partial charge in [0, 0.05) is 0 Å². The van der Waals surface area contributed by atoms with Crippen LogP contribution in [0.4, 0.5) is 0 Å². The van der Waals surface area contributed by atoms with Crippen LogP contribution in [-0.2, 0) is 19.2 Å². The van der Waals surface area contributed by atoms with Gasteiger partial charge in [0.2, 0.25) is 0 Å². The molecular formula is C8H9CaKO12. The molecule has 0 rings (SSSR count). The maximum Gasteiger partial charge on any atom is 2.00 e. The predicted octanol–water partition coefficient (Wildman–Crippen LogP) is -11.6. The van der Waals surface area contributed by atoms with E-state index in [2.05, 4.69) is 0 Å². The Morgan fingerprint density at radius 3 is 0.909 bits per heavy atom. The second kappa shape index (κ2) is 15.2. The van der Waals surface area contributed by atoms with E-state index >= 15 is 0 Å². The maximum atomic E-state index is 9.74. The van der Waals surface area contributed by atoms with E-state index in [0.29, 0.717) is 0 Å². The number of aliphatic carboxylic acids is 4. The van der Waals surface area contributed by atoms with Crippen molar-refractivity contribution in [1.82, 2.24) is 0 Å². The topological polar surface area (TPSA) is 239 Å². The van der Waals surface area contributed by atoms with Crippen LogP contribution in [0.25, 0.3) is 0 Å². The van der Waals surface area contributed by atoms with Gasteiger partial charge in [-0.25, -0.2) is 4.79 Å². The number of carbonyl (C=O) groups is 4. The van der Waals surface area contributed by atoms with Gasteiger partial charge in [-0.15, -0.1) is 0 Å². The quantitative estimate of drug-likeness (QED) is 0.271. The van der Waals surface area contributed by atoms with E-state index in [1.54, 1.807) is 0 Å². The Morgan fingerprint density at radius 2 is 0.818 bits per heavy atom. The average Bonchev–Trinajstić information content (AvgIpc) is 2.35. The first kappa shape index (κ1) is 30.5. The first-order valence-electron chi connectivity index (χ1n) is 4.51. The van der Waals surface area contributed by atoms with Crippen LogP contribution in [0, 0.1) is 0 Å². The number of aliphatic hydroxyl groups is 4. The molecular weight excluding hydrogens is 367 g/mol. The monoisotopic (exact) mass is 376 g/mol. The van der Waals surface area contributed by atoms with Gasteiger partial charge < -0.3 is 55.2 Å². The summed E-state index contributed by atoms with van der Waals surface area (Å²) in [5, 5.41) is 69.9. The smallest absolute Gasteiger partial charge is 0.547 e. The molecule has 0 aromatic rings. The molecule has 22 heavy (non-hydrogen) atoms. The molecule has 0 heterocycles.